The predicted molar refractivity (Wildman–Crippen MR) is 155 cm³/mol. The number of benzene rings is 7. The molecule has 0 aliphatic rings. The van der Waals surface area contributed by atoms with Crippen LogP contribution in [-0.4, -0.2) is 5.11 Å². The first-order valence-electron chi connectivity index (χ1n) is 12.8. The molecule has 0 bridgehead atoms. The van der Waals surface area contributed by atoms with Gasteiger partial charge in [-0.2, -0.15) is 0 Å². The normalized spacial score (nSPS) is 11.2. The number of aryl methyl sites for hydroxylation is 2. The van der Waals surface area contributed by atoms with Crippen molar-refractivity contribution in [3.05, 3.63) is 102 Å². The van der Waals surface area contributed by atoms with E-state index in [1.54, 1.807) is 0 Å². The van der Waals surface area contributed by atoms with Crippen molar-refractivity contribution in [2.75, 3.05) is 0 Å². The monoisotopic (exact) mass is 456 g/mol. The Morgan fingerprint density at radius 2 is 0.857 bits per heavy atom. The van der Waals surface area contributed by atoms with E-state index in [9.17, 15) is 5.11 Å². The number of rotatable bonds is 2. The van der Waals surface area contributed by atoms with Crippen LogP contribution in [0.5, 0.6) is 5.75 Å². The van der Waals surface area contributed by atoms with E-state index in [0.717, 1.165) is 23.6 Å². The van der Waals surface area contributed by atoms with E-state index < -0.39 is 0 Å². The van der Waals surface area contributed by atoms with Gasteiger partial charge >= 0.3 is 0 Å². The summed E-state index contributed by atoms with van der Waals surface area (Å²) in [6.07, 6.45) is 2.29. The molecular formula is C34H32O. The molecule has 0 aromatic heterocycles. The second kappa shape index (κ2) is 9.43. The van der Waals surface area contributed by atoms with Crippen molar-refractivity contribution in [3.63, 3.8) is 0 Å². The summed E-state index contributed by atoms with van der Waals surface area (Å²) in [7, 11) is 0. The molecule has 0 aliphatic carbocycles. The fourth-order valence-electron chi connectivity index (χ4n) is 5.31. The summed E-state index contributed by atoms with van der Waals surface area (Å²) in [6, 6.07) is 32.1. The van der Waals surface area contributed by atoms with E-state index in [-0.39, 0.29) is 0 Å². The topological polar surface area (TPSA) is 20.2 Å². The average molecular weight is 457 g/mol. The van der Waals surface area contributed by atoms with Crippen molar-refractivity contribution in [1.29, 1.82) is 0 Å². The number of hydrogen-bond acceptors (Lipinski definition) is 1. The van der Waals surface area contributed by atoms with Crippen LogP contribution in [0.1, 0.15) is 38.8 Å². The van der Waals surface area contributed by atoms with Crippen LogP contribution in [0.3, 0.4) is 0 Å². The van der Waals surface area contributed by atoms with E-state index in [0.29, 0.717) is 5.75 Å². The number of hydrogen-bond donors (Lipinski definition) is 1. The van der Waals surface area contributed by atoms with Crippen LogP contribution in [0.25, 0.3) is 53.9 Å². The van der Waals surface area contributed by atoms with E-state index in [4.69, 9.17) is 0 Å². The summed E-state index contributed by atoms with van der Waals surface area (Å²) < 4.78 is 0. The number of fused-ring (bicyclic) bond motifs is 1. The van der Waals surface area contributed by atoms with E-state index in [1.807, 2.05) is 26.0 Å². The summed E-state index contributed by atoms with van der Waals surface area (Å²) in [5, 5.41) is 22.7. The highest BCUT2D eigenvalue weighted by Crippen LogP contribution is 2.46. The molecule has 0 unspecified atom stereocenters. The van der Waals surface area contributed by atoms with Crippen LogP contribution < -0.4 is 0 Å². The molecule has 7 aromatic rings. The minimum Gasteiger partial charge on any atom is -0.507 e. The molecule has 0 saturated carbocycles. The summed E-state index contributed by atoms with van der Waals surface area (Å²) >= 11 is 0. The molecule has 0 fully saturated rings. The van der Waals surface area contributed by atoms with Crippen LogP contribution >= 0.6 is 0 Å². The minimum absolute atomic E-state index is 0.365. The zero-order valence-corrected chi connectivity index (χ0v) is 21.0. The van der Waals surface area contributed by atoms with Crippen LogP contribution in [-0.2, 0) is 12.8 Å². The molecule has 0 aliphatic heterocycles. The number of aromatic hydroxyl groups is 1. The molecule has 1 nitrogen and oxygen atoms in total. The van der Waals surface area contributed by atoms with E-state index in [1.165, 1.54) is 54.2 Å². The first-order chi connectivity index (χ1) is 17.2. The third-order valence-corrected chi connectivity index (χ3v) is 7.08. The largest absolute Gasteiger partial charge is 0.507 e. The Hall–Kier alpha value is -3.84. The molecule has 0 atom stereocenters. The maximum atomic E-state index is 10.6. The third kappa shape index (κ3) is 3.72. The van der Waals surface area contributed by atoms with Gasteiger partial charge < -0.3 is 5.11 Å². The van der Waals surface area contributed by atoms with Gasteiger partial charge in [-0.1, -0.05) is 113 Å². The van der Waals surface area contributed by atoms with Crippen molar-refractivity contribution in [2.45, 2.75) is 40.5 Å². The van der Waals surface area contributed by atoms with Gasteiger partial charge in [-0.25, -0.2) is 0 Å². The minimum atomic E-state index is 0.365. The Balaban J connectivity index is 0.000000180. The van der Waals surface area contributed by atoms with Gasteiger partial charge in [0.05, 0.1) is 0 Å². The summed E-state index contributed by atoms with van der Waals surface area (Å²) in [6.45, 7) is 8.36. The molecule has 0 heterocycles. The lowest BCUT2D eigenvalue weighted by atomic mass is 9.85. The van der Waals surface area contributed by atoms with Crippen LogP contribution in [0.15, 0.2) is 91.0 Å². The van der Waals surface area contributed by atoms with Crippen molar-refractivity contribution in [2.24, 2.45) is 0 Å². The summed E-state index contributed by atoms with van der Waals surface area (Å²) in [5.41, 5.74) is 2.86. The van der Waals surface area contributed by atoms with E-state index in [2.05, 4.69) is 92.7 Å². The SMILES string of the molecule is CC.CCc1ccc(CC)cc1.Oc1ccc2ccc3ccc4ccc5cccc6c1c2c3c4c56. The molecule has 0 spiro atoms. The molecule has 174 valence electrons. The Labute approximate surface area is 207 Å². The Morgan fingerprint density at radius 1 is 0.457 bits per heavy atom. The molecule has 0 amide bonds. The lowest BCUT2D eigenvalue weighted by molar-refractivity contribution is 0.482. The van der Waals surface area contributed by atoms with Gasteiger partial charge in [-0.15, -0.1) is 0 Å². The Morgan fingerprint density at radius 3 is 1.34 bits per heavy atom. The average Bonchev–Trinajstić information content (AvgIpc) is 2.93. The molecule has 7 rings (SSSR count). The predicted octanol–water partition coefficient (Wildman–Crippen LogP) is 9.87. The fourth-order valence-corrected chi connectivity index (χ4v) is 5.31. The van der Waals surface area contributed by atoms with E-state index >= 15 is 0 Å². The lowest BCUT2D eigenvalue weighted by Crippen LogP contribution is -1.90. The van der Waals surface area contributed by atoms with Crippen molar-refractivity contribution in [3.8, 4) is 5.75 Å². The zero-order valence-electron chi connectivity index (χ0n) is 21.0. The van der Waals surface area contributed by atoms with Gasteiger partial charge in [0.2, 0.25) is 0 Å². The summed E-state index contributed by atoms with van der Waals surface area (Å²) in [5.74, 6) is 0.365. The molecule has 7 aromatic carbocycles. The molecule has 1 heteroatoms. The molecule has 0 radical (unpaired) electrons. The van der Waals surface area contributed by atoms with Crippen molar-refractivity contribution >= 4 is 53.9 Å². The standard InChI is InChI=1S/C22H12O.C10H14.C2H6/c23-17-11-10-15-9-8-14-7-6-13-5-4-12-2-1-3-16-18(12)19(13)20(14)21(15)22(16)17;1-3-9-5-7-10(4-2)8-6-9;1-2/h1-11,23H;5-8H,3-4H2,1-2H3;1-2H3. The number of phenols is 1. The molecular weight excluding hydrogens is 424 g/mol. The van der Waals surface area contributed by atoms with Crippen LogP contribution in [0.2, 0.25) is 0 Å². The maximum Gasteiger partial charge on any atom is 0.124 e. The van der Waals surface area contributed by atoms with Crippen LogP contribution in [0.4, 0.5) is 0 Å². The molecule has 0 saturated heterocycles. The van der Waals surface area contributed by atoms with Gasteiger partial charge in [0, 0.05) is 10.8 Å². The highest BCUT2D eigenvalue weighted by molar-refractivity contribution is 6.40. The van der Waals surface area contributed by atoms with Crippen LogP contribution in [0, 0.1) is 0 Å². The lowest BCUT2D eigenvalue weighted by Gasteiger charge is -2.18. The Bertz CT molecular complexity index is 1690. The molecule has 35 heavy (non-hydrogen) atoms. The highest BCUT2D eigenvalue weighted by atomic mass is 16.3. The van der Waals surface area contributed by atoms with Gasteiger partial charge in [-0.3, -0.25) is 0 Å². The van der Waals surface area contributed by atoms with Gasteiger partial charge in [0.1, 0.15) is 5.75 Å². The zero-order chi connectivity index (χ0) is 24.5. The number of phenolic OH excluding ortho intramolecular Hbond substituents is 1. The van der Waals surface area contributed by atoms with Gasteiger partial charge in [0.15, 0.2) is 0 Å². The smallest absolute Gasteiger partial charge is 0.124 e. The maximum absolute atomic E-state index is 10.6. The first-order valence-corrected chi connectivity index (χ1v) is 12.8. The first kappa shape index (κ1) is 22.9. The summed E-state index contributed by atoms with van der Waals surface area (Å²) in [4.78, 5) is 0. The van der Waals surface area contributed by atoms with Gasteiger partial charge in [0.25, 0.3) is 0 Å². The Kier molecular flexibility index (Phi) is 6.17. The fraction of sp³-hybridized carbons (Fsp3) is 0.176. The van der Waals surface area contributed by atoms with Gasteiger partial charge in [-0.05, 0) is 73.1 Å². The highest BCUT2D eigenvalue weighted by Gasteiger charge is 2.18. The van der Waals surface area contributed by atoms with Crippen molar-refractivity contribution < 1.29 is 5.11 Å². The second-order valence-corrected chi connectivity index (χ2v) is 8.88. The van der Waals surface area contributed by atoms with Crippen molar-refractivity contribution in [1.82, 2.24) is 0 Å². The quantitative estimate of drug-likeness (QED) is 0.203. The molecule has 1 N–H and O–H groups in total. The third-order valence-electron chi connectivity index (χ3n) is 7.08. The second-order valence-electron chi connectivity index (χ2n) is 8.88.